The van der Waals surface area contributed by atoms with Crippen molar-refractivity contribution >= 4 is 17.9 Å². The first-order chi connectivity index (χ1) is 12.9. The van der Waals surface area contributed by atoms with Crippen LogP contribution in [0.1, 0.15) is 37.0 Å². The van der Waals surface area contributed by atoms with Gasteiger partial charge in [0.2, 0.25) is 0 Å². The molecule has 1 saturated heterocycles. The van der Waals surface area contributed by atoms with Gasteiger partial charge in [0, 0.05) is 13.2 Å². The van der Waals surface area contributed by atoms with Crippen LogP contribution in [0.4, 0.5) is 4.79 Å². The minimum absolute atomic E-state index is 0.117. The van der Waals surface area contributed by atoms with E-state index in [9.17, 15) is 14.4 Å². The molecule has 0 radical (unpaired) electrons. The minimum Gasteiger partial charge on any atom is -0.491 e. The van der Waals surface area contributed by atoms with Gasteiger partial charge in [-0.25, -0.2) is 9.59 Å². The second-order valence-electron chi connectivity index (χ2n) is 6.70. The van der Waals surface area contributed by atoms with Gasteiger partial charge in [-0.05, 0) is 43.0 Å². The van der Waals surface area contributed by atoms with Crippen LogP contribution in [-0.2, 0) is 14.3 Å². The van der Waals surface area contributed by atoms with E-state index in [1.807, 2.05) is 13.8 Å². The number of amides is 3. The number of imide groups is 1. The molecular formula is C19H26N2O6. The Morgan fingerprint density at radius 2 is 1.96 bits per heavy atom. The van der Waals surface area contributed by atoms with Crippen molar-refractivity contribution in [2.45, 2.75) is 32.8 Å². The molecule has 1 aromatic carbocycles. The number of urea groups is 1. The molecule has 1 atom stereocenters. The quantitative estimate of drug-likeness (QED) is 0.670. The molecule has 27 heavy (non-hydrogen) atoms. The van der Waals surface area contributed by atoms with Crippen LogP contribution in [0.5, 0.6) is 5.75 Å². The van der Waals surface area contributed by atoms with Crippen molar-refractivity contribution < 1.29 is 28.6 Å². The molecule has 1 aliphatic rings. The number of carbonyl (C=O) groups excluding carboxylic acids is 3. The Labute approximate surface area is 158 Å². The maximum Gasteiger partial charge on any atom is 0.338 e. The van der Waals surface area contributed by atoms with E-state index in [1.54, 1.807) is 24.3 Å². The highest BCUT2D eigenvalue weighted by atomic mass is 16.5. The highest BCUT2D eigenvalue weighted by molar-refractivity contribution is 5.97. The molecule has 3 amide bonds. The zero-order chi connectivity index (χ0) is 19.6. The van der Waals surface area contributed by atoms with Gasteiger partial charge in [-0.2, -0.15) is 0 Å². The smallest absolute Gasteiger partial charge is 0.338 e. The molecule has 148 valence electrons. The molecule has 8 nitrogen and oxygen atoms in total. The maximum atomic E-state index is 12.0. The Morgan fingerprint density at radius 1 is 1.22 bits per heavy atom. The standard InChI is InChI=1S/C19H26N2O6/c1-13(2)10-20-19(24)21-17(22)12-27-18(23)14-5-7-15(8-6-14)26-11-16-4-3-9-25-16/h5-8,13,16H,3-4,9-12H2,1-2H3,(H2,20,21,22,24)/t16-/m0/s1. The van der Waals surface area contributed by atoms with Gasteiger partial charge in [-0.3, -0.25) is 10.1 Å². The third-order valence-electron chi connectivity index (χ3n) is 3.81. The zero-order valence-electron chi connectivity index (χ0n) is 15.7. The fourth-order valence-electron chi connectivity index (χ4n) is 2.37. The van der Waals surface area contributed by atoms with Crippen molar-refractivity contribution in [2.75, 3.05) is 26.4 Å². The number of benzene rings is 1. The van der Waals surface area contributed by atoms with Crippen molar-refractivity contribution in [3.63, 3.8) is 0 Å². The lowest BCUT2D eigenvalue weighted by Gasteiger charge is -2.11. The van der Waals surface area contributed by atoms with E-state index >= 15 is 0 Å². The van der Waals surface area contributed by atoms with E-state index in [0.717, 1.165) is 19.4 Å². The van der Waals surface area contributed by atoms with Crippen LogP contribution in [0.15, 0.2) is 24.3 Å². The highest BCUT2D eigenvalue weighted by Gasteiger charge is 2.16. The van der Waals surface area contributed by atoms with Crippen LogP contribution in [0, 0.1) is 5.92 Å². The number of ether oxygens (including phenoxy) is 3. The summed E-state index contributed by atoms with van der Waals surface area (Å²) < 4.78 is 16.0. The van der Waals surface area contributed by atoms with E-state index in [2.05, 4.69) is 10.6 Å². The summed E-state index contributed by atoms with van der Waals surface area (Å²) in [7, 11) is 0. The summed E-state index contributed by atoms with van der Waals surface area (Å²) in [6.07, 6.45) is 2.15. The van der Waals surface area contributed by atoms with Gasteiger partial charge in [0.15, 0.2) is 6.61 Å². The van der Waals surface area contributed by atoms with Crippen molar-refractivity contribution in [3.05, 3.63) is 29.8 Å². The molecule has 1 heterocycles. The molecule has 0 saturated carbocycles. The lowest BCUT2D eigenvalue weighted by molar-refractivity contribution is -0.123. The molecule has 1 aromatic rings. The van der Waals surface area contributed by atoms with Crippen LogP contribution >= 0.6 is 0 Å². The fraction of sp³-hybridized carbons (Fsp3) is 0.526. The monoisotopic (exact) mass is 378 g/mol. The third-order valence-corrected chi connectivity index (χ3v) is 3.81. The van der Waals surface area contributed by atoms with Gasteiger partial charge < -0.3 is 19.5 Å². The van der Waals surface area contributed by atoms with Gasteiger partial charge in [-0.1, -0.05) is 13.8 Å². The summed E-state index contributed by atoms with van der Waals surface area (Å²) in [4.78, 5) is 35.0. The van der Waals surface area contributed by atoms with E-state index in [4.69, 9.17) is 14.2 Å². The lowest BCUT2D eigenvalue weighted by atomic mass is 10.2. The molecule has 1 fully saturated rings. The summed E-state index contributed by atoms with van der Waals surface area (Å²) in [5.41, 5.74) is 0.288. The molecule has 2 rings (SSSR count). The predicted molar refractivity (Wildman–Crippen MR) is 97.6 cm³/mol. The predicted octanol–water partition coefficient (Wildman–Crippen LogP) is 1.88. The summed E-state index contributed by atoms with van der Waals surface area (Å²) in [6, 6.07) is 5.81. The number of rotatable bonds is 8. The molecular weight excluding hydrogens is 352 g/mol. The fourth-order valence-corrected chi connectivity index (χ4v) is 2.37. The minimum atomic E-state index is -0.693. The Kier molecular flexibility index (Phi) is 8.06. The lowest BCUT2D eigenvalue weighted by Crippen LogP contribution is -2.42. The number of carbonyl (C=O) groups is 3. The first-order valence-corrected chi connectivity index (χ1v) is 9.03. The molecule has 0 aromatic heterocycles. The Balaban J connectivity index is 1.70. The van der Waals surface area contributed by atoms with Gasteiger partial charge in [0.1, 0.15) is 12.4 Å². The van der Waals surface area contributed by atoms with Gasteiger partial charge >= 0.3 is 12.0 Å². The van der Waals surface area contributed by atoms with Crippen LogP contribution in [0.2, 0.25) is 0 Å². The molecule has 0 bridgehead atoms. The van der Waals surface area contributed by atoms with Gasteiger partial charge in [0.05, 0.1) is 11.7 Å². The molecule has 0 spiro atoms. The summed E-state index contributed by atoms with van der Waals surface area (Å²) in [6.45, 7) is 5.02. The number of nitrogens with one attached hydrogen (secondary N) is 2. The number of hydrogen-bond acceptors (Lipinski definition) is 6. The molecule has 1 aliphatic heterocycles. The van der Waals surface area contributed by atoms with Crippen LogP contribution < -0.4 is 15.4 Å². The normalized spacial score (nSPS) is 16.0. The molecule has 0 unspecified atom stereocenters. The largest absolute Gasteiger partial charge is 0.491 e. The Bertz CT molecular complexity index is 638. The second-order valence-corrected chi connectivity index (χ2v) is 6.70. The molecule has 0 aliphatic carbocycles. The number of esters is 1. The molecule has 8 heteroatoms. The maximum absolute atomic E-state index is 12.0. The zero-order valence-corrected chi connectivity index (χ0v) is 15.7. The van der Waals surface area contributed by atoms with Gasteiger partial charge in [-0.15, -0.1) is 0 Å². The Hall–Kier alpha value is -2.61. The first kappa shape index (κ1) is 20.7. The average molecular weight is 378 g/mol. The number of hydrogen-bond donors (Lipinski definition) is 2. The average Bonchev–Trinajstić information content (AvgIpc) is 3.17. The second kappa shape index (κ2) is 10.5. The van der Waals surface area contributed by atoms with Crippen LogP contribution in [0.3, 0.4) is 0 Å². The Morgan fingerprint density at radius 3 is 2.59 bits per heavy atom. The van der Waals surface area contributed by atoms with E-state index in [1.165, 1.54) is 0 Å². The van der Waals surface area contributed by atoms with E-state index in [-0.39, 0.29) is 17.6 Å². The van der Waals surface area contributed by atoms with Crippen LogP contribution in [0.25, 0.3) is 0 Å². The van der Waals surface area contributed by atoms with Crippen molar-refractivity contribution in [1.29, 1.82) is 0 Å². The van der Waals surface area contributed by atoms with E-state index < -0.39 is 24.5 Å². The van der Waals surface area contributed by atoms with Crippen molar-refractivity contribution in [1.82, 2.24) is 10.6 Å². The highest BCUT2D eigenvalue weighted by Crippen LogP contribution is 2.17. The summed E-state index contributed by atoms with van der Waals surface area (Å²) >= 11 is 0. The van der Waals surface area contributed by atoms with Crippen LogP contribution in [-0.4, -0.2) is 50.4 Å². The summed E-state index contributed by atoms with van der Waals surface area (Å²) in [5.74, 6) is -0.456. The van der Waals surface area contributed by atoms with E-state index in [0.29, 0.717) is 18.9 Å². The SMILES string of the molecule is CC(C)CNC(=O)NC(=O)COC(=O)c1ccc(OC[C@@H]2CCCO2)cc1. The third kappa shape index (κ3) is 7.65. The first-order valence-electron chi connectivity index (χ1n) is 9.03. The van der Waals surface area contributed by atoms with Crippen molar-refractivity contribution in [3.8, 4) is 5.75 Å². The summed E-state index contributed by atoms with van der Waals surface area (Å²) in [5, 5.41) is 4.63. The van der Waals surface area contributed by atoms with Crippen molar-refractivity contribution in [2.24, 2.45) is 5.92 Å². The van der Waals surface area contributed by atoms with Gasteiger partial charge in [0.25, 0.3) is 5.91 Å². The topological polar surface area (TPSA) is 103 Å². The molecule has 2 N–H and O–H groups in total.